The molecule has 0 aliphatic rings. The van der Waals surface area contributed by atoms with Gasteiger partial charge >= 0.3 is 0 Å². The van der Waals surface area contributed by atoms with Gasteiger partial charge in [-0.05, 0) is 19.1 Å². The number of hydrogen-bond donors (Lipinski definition) is 1. The van der Waals surface area contributed by atoms with Crippen molar-refractivity contribution in [3.63, 3.8) is 0 Å². The largest absolute Gasteiger partial charge is 0.423 e. The van der Waals surface area contributed by atoms with Gasteiger partial charge in [-0.15, -0.1) is 0 Å². The van der Waals surface area contributed by atoms with Crippen molar-refractivity contribution in [1.29, 1.82) is 0 Å². The molecule has 0 atom stereocenters. The Hall–Kier alpha value is -0.985. The summed E-state index contributed by atoms with van der Waals surface area (Å²) in [6, 6.07) is 5.63. The summed E-state index contributed by atoms with van der Waals surface area (Å²) >= 11 is 0. The van der Waals surface area contributed by atoms with Gasteiger partial charge in [0.05, 0.1) is 0 Å². The smallest absolute Gasteiger partial charge is 0.224 e. The molecular weight excluding hydrogens is 111 g/mol. The third-order valence-electron chi connectivity index (χ3n) is 1.04. The van der Waals surface area contributed by atoms with Gasteiger partial charge in [0, 0.05) is 5.69 Å². The van der Waals surface area contributed by atoms with Crippen LogP contribution in [-0.2, 0) is 0 Å². The summed E-state index contributed by atoms with van der Waals surface area (Å²) in [5, 5.41) is 2.46. The van der Waals surface area contributed by atoms with E-state index in [9.17, 15) is 0 Å². The average Bonchev–Trinajstić information content (AvgIpc) is 1.88. The number of aromatic nitrogens is 1. The van der Waals surface area contributed by atoms with Crippen molar-refractivity contribution in [3.8, 4) is 0 Å². The van der Waals surface area contributed by atoms with Gasteiger partial charge in [-0.1, -0.05) is 6.07 Å². The summed E-state index contributed by atoms with van der Waals surface area (Å²) in [4.78, 5) is 4.06. The Labute approximate surface area is 55.7 Å². The molecule has 9 heavy (non-hydrogen) atoms. The van der Waals surface area contributed by atoms with E-state index in [1.165, 1.54) is 0 Å². The van der Waals surface area contributed by atoms with E-state index in [0.717, 1.165) is 5.69 Å². The SMILES string of the molecule is [B]Nc1cccc(C)n1. The van der Waals surface area contributed by atoms with E-state index in [2.05, 4.69) is 10.2 Å². The lowest BCUT2D eigenvalue weighted by Gasteiger charge is -1.97. The average molecular weight is 118 g/mol. The first-order chi connectivity index (χ1) is 4.33. The summed E-state index contributed by atoms with van der Waals surface area (Å²) in [5.41, 5.74) is 0.963. The molecule has 0 aliphatic carbocycles. The molecule has 0 saturated carbocycles. The standard InChI is InChI=1S/C6H7BN2/c1-5-3-2-4-6(8-5)9-7/h2-4H,1H3,(H,8,9). The minimum atomic E-state index is 0.704. The number of nitrogens with one attached hydrogen (secondary N) is 1. The van der Waals surface area contributed by atoms with Crippen LogP contribution in [0.3, 0.4) is 0 Å². The van der Waals surface area contributed by atoms with Gasteiger partial charge in [-0.3, -0.25) is 0 Å². The van der Waals surface area contributed by atoms with E-state index < -0.39 is 0 Å². The van der Waals surface area contributed by atoms with Gasteiger partial charge in [0.15, 0.2) is 0 Å². The molecule has 3 heteroatoms. The van der Waals surface area contributed by atoms with Gasteiger partial charge in [-0.2, -0.15) is 0 Å². The second kappa shape index (κ2) is 2.53. The molecule has 0 unspecified atom stereocenters. The Morgan fingerprint density at radius 1 is 1.56 bits per heavy atom. The van der Waals surface area contributed by atoms with Crippen LogP contribution in [0.2, 0.25) is 0 Å². The zero-order chi connectivity index (χ0) is 6.69. The second-order valence-electron chi connectivity index (χ2n) is 1.81. The van der Waals surface area contributed by atoms with Crippen molar-refractivity contribution >= 4 is 13.8 Å². The maximum Gasteiger partial charge on any atom is 0.224 e. The van der Waals surface area contributed by atoms with Crippen LogP contribution in [0.25, 0.3) is 0 Å². The molecule has 0 bridgehead atoms. The Morgan fingerprint density at radius 3 is 2.78 bits per heavy atom. The number of rotatable bonds is 1. The number of aryl methyl sites for hydroxylation is 1. The zero-order valence-corrected chi connectivity index (χ0v) is 5.26. The molecule has 0 amide bonds. The van der Waals surface area contributed by atoms with Crippen LogP contribution in [0.1, 0.15) is 5.69 Å². The van der Waals surface area contributed by atoms with Crippen LogP contribution < -0.4 is 5.23 Å². The summed E-state index contributed by atoms with van der Waals surface area (Å²) in [6.45, 7) is 1.92. The van der Waals surface area contributed by atoms with Crippen molar-refractivity contribution in [2.45, 2.75) is 6.92 Å². The highest BCUT2D eigenvalue weighted by Gasteiger charge is 1.86. The van der Waals surface area contributed by atoms with Crippen LogP contribution >= 0.6 is 0 Å². The molecule has 0 saturated heterocycles. The van der Waals surface area contributed by atoms with Crippen molar-refractivity contribution < 1.29 is 0 Å². The van der Waals surface area contributed by atoms with Gasteiger partial charge in [0.25, 0.3) is 0 Å². The van der Waals surface area contributed by atoms with Gasteiger partial charge in [0.1, 0.15) is 5.82 Å². The third kappa shape index (κ3) is 1.45. The highest BCUT2D eigenvalue weighted by molar-refractivity contribution is 6.15. The van der Waals surface area contributed by atoms with Gasteiger partial charge in [0.2, 0.25) is 7.98 Å². The predicted molar refractivity (Wildman–Crippen MR) is 38.4 cm³/mol. The topological polar surface area (TPSA) is 24.9 Å². The number of hydrogen-bond acceptors (Lipinski definition) is 2. The van der Waals surface area contributed by atoms with Crippen LogP contribution in [-0.4, -0.2) is 13.0 Å². The van der Waals surface area contributed by atoms with E-state index >= 15 is 0 Å². The monoisotopic (exact) mass is 118 g/mol. The lowest BCUT2D eigenvalue weighted by molar-refractivity contribution is 1.21. The molecule has 2 nitrogen and oxygen atoms in total. The molecule has 0 aliphatic heterocycles. The Kier molecular flexibility index (Phi) is 1.73. The molecule has 1 rings (SSSR count). The van der Waals surface area contributed by atoms with Crippen LogP contribution in [0.15, 0.2) is 18.2 Å². The first-order valence-electron chi connectivity index (χ1n) is 2.73. The van der Waals surface area contributed by atoms with Crippen molar-refractivity contribution in [2.75, 3.05) is 5.23 Å². The molecular formula is C6H7BN2. The van der Waals surface area contributed by atoms with Crippen molar-refractivity contribution in [1.82, 2.24) is 4.98 Å². The Morgan fingerprint density at radius 2 is 2.33 bits per heavy atom. The van der Waals surface area contributed by atoms with E-state index in [4.69, 9.17) is 7.98 Å². The quantitative estimate of drug-likeness (QED) is 0.553. The van der Waals surface area contributed by atoms with Crippen molar-refractivity contribution in [3.05, 3.63) is 23.9 Å². The fraction of sp³-hybridized carbons (Fsp3) is 0.167. The molecule has 1 aromatic rings. The first-order valence-corrected chi connectivity index (χ1v) is 2.73. The van der Waals surface area contributed by atoms with Crippen LogP contribution in [0.5, 0.6) is 0 Å². The highest BCUT2D eigenvalue weighted by Crippen LogP contribution is 2.00. The number of nitrogens with zero attached hydrogens (tertiary/aromatic N) is 1. The molecule has 44 valence electrons. The molecule has 1 N–H and O–H groups in total. The van der Waals surface area contributed by atoms with Crippen LogP contribution in [0.4, 0.5) is 5.82 Å². The lowest BCUT2D eigenvalue weighted by atomic mass is 10.3. The second-order valence-corrected chi connectivity index (χ2v) is 1.81. The summed E-state index contributed by atoms with van der Waals surface area (Å²) in [7, 11) is 5.11. The van der Waals surface area contributed by atoms with E-state index in [0.29, 0.717) is 5.82 Å². The predicted octanol–water partition coefficient (Wildman–Crippen LogP) is 0.885. The zero-order valence-electron chi connectivity index (χ0n) is 5.26. The molecule has 1 aromatic heterocycles. The Balaban J connectivity index is 2.94. The molecule has 1 heterocycles. The van der Waals surface area contributed by atoms with Gasteiger partial charge < -0.3 is 5.23 Å². The number of pyridine rings is 1. The minimum absolute atomic E-state index is 0.704. The number of anilines is 1. The Bertz CT molecular complexity index is 200. The van der Waals surface area contributed by atoms with E-state index in [1.807, 2.05) is 25.1 Å². The fourth-order valence-corrected chi connectivity index (χ4v) is 0.623. The first kappa shape index (κ1) is 6.14. The lowest BCUT2D eigenvalue weighted by Crippen LogP contribution is -1.93. The van der Waals surface area contributed by atoms with E-state index in [1.54, 1.807) is 0 Å². The summed E-state index contributed by atoms with van der Waals surface area (Å²) < 4.78 is 0. The molecule has 2 radical (unpaired) electrons. The molecule has 0 fully saturated rings. The molecule has 0 spiro atoms. The van der Waals surface area contributed by atoms with E-state index in [-0.39, 0.29) is 0 Å². The minimum Gasteiger partial charge on any atom is -0.423 e. The third-order valence-corrected chi connectivity index (χ3v) is 1.04. The normalized spacial score (nSPS) is 9.00. The fourth-order valence-electron chi connectivity index (χ4n) is 0.623. The maximum absolute atomic E-state index is 5.11. The maximum atomic E-state index is 5.11. The molecule has 0 aromatic carbocycles. The van der Waals surface area contributed by atoms with Crippen LogP contribution in [0, 0.1) is 6.92 Å². The summed E-state index contributed by atoms with van der Waals surface area (Å²) in [6.07, 6.45) is 0. The van der Waals surface area contributed by atoms with Crippen molar-refractivity contribution in [2.24, 2.45) is 0 Å². The van der Waals surface area contributed by atoms with Gasteiger partial charge in [-0.25, -0.2) is 4.98 Å². The summed E-state index contributed by atoms with van der Waals surface area (Å²) in [5.74, 6) is 0.704. The highest BCUT2D eigenvalue weighted by atomic mass is 14.9.